The average Bonchev–Trinajstić information content (AvgIpc) is 2.71. The average molecular weight is 261 g/mol. The van der Waals surface area contributed by atoms with Gasteiger partial charge < -0.3 is 15.0 Å². The highest BCUT2D eigenvalue weighted by Gasteiger charge is 2.18. The number of imidazole rings is 1. The molecule has 4 nitrogen and oxygen atoms in total. The smallest absolute Gasteiger partial charge is 0.201 e. The number of hydrogen-bond acceptors (Lipinski definition) is 3. The van der Waals surface area contributed by atoms with E-state index in [9.17, 15) is 0 Å². The number of rotatable bonds is 5. The van der Waals surface area contributed by atoms with Crippen molar-refractivity contribution in [1.29, 1.82) is 0 Å². The second-order valence-electron chi connectivity index (χ2n) is 5.30. The summed E-state index contributed by atoms with van der Waals surface area (Å²) in [6.07, 6.45) is 0.981. The minimum absolute atomic E-state index is 0.312. The molecule has 2 N–H and O–H groups in total. The summed E-state index contributed by atoms with van der Waals surface area (Å²) in [5, 5.41) is 0. The van der Waals surface area contributed by atoms with Crippen LogP contribution in [0.25, 0.3) is 11.0 Å². The SMILES string of the molecule is CCCOc1cccc2c1nc(N)n2C(C)C(C)C. The van der Waals surface area contributed by atoms with Crippen LogP contribution in [0.1, 0.15) is 40.2 Å². The number of para-hydroxylation sites is 1. The number of ether oxygens (including phenoxy) is 1. The van der Waals surface area contributed by atoms with Crippen molar-refractivity contribution in [3.8, 4) is 5.75 Å². The monoisotopic (exact) mass is 261 g/mol. The predicted octanol–water partition coefficient (Wildman–Crippen LogP) is 3.62. The van der Waals surface area contributed by atoms with Gasteiger partial charge in [-0.2, -0.15) is 0 Å². The molecule has 4 heteroatoms. The minimum Gasteiger partial charge on any atom is -0.491 e. The summed E-state index contributed by atoms with van der Waals surface area (Å²) in [6, 6.07) is 6.31. The maximum atomic E-state index is 6.09. The van der Waals surface area contributed by atoms with E-state index in [4.69, 9.17) is 10.5 Å². The Bertz CT molecular complexity index is 560. The lowest BCUT2D eigenvalue weighted by atomic mass is 10.1. The van der Waals surface area contributed by atoms with Crippen LogP contribution >= 0.6 is 0 Å². The van der Waals surface area contributed by atoms with E-state index in [0.29, 0.717) is 24.5 Å². The van der Waals surface area contributed by atoms with Gasteiger partial charge in [-0.3, -0.25) is 0 Å². The standard InChI is InChI=1S/C15H23N3O/c1-5-9-19-13-8-6-7-12-14(13)17-15(16)18(12)11(4)10(2)3/h6-8,10-11H,5,9H2,1-4H3,(H2,16,17). The highest BCUT2D eigenvalue weighted by Crippen LogP contribution is 2.31. The first kappa shape index (κ1) is 13.7. The van der Waals surface area contributed by atoms with Gasteiger partial charge in [-0.05, 0) is 31.4 Å². The predicted molar refractivity (Wildman–Crippen MR) is 79.5 cm³/mol. The molecule has 0 aliphatic rings. The molecule has 0 saturated carbocycles. The molecule has 1 heterocycles. The van der Waals surface area contributed by atoms with Crippen molar-refractivity contribution in [3.05, 3.63) is 18.2 Å². The van der Waals surface area contributed by atoms with Crippen LogP contribution in [0, 0.1) is 5.92 Å². The van der Waals surface area contributed by atoms with Gasteiger partial charge in [0.15, 0.2) is 0 Å². The Hall–Kier alpha value is -1.71. The number of hydrogen-bond donors (Lipinski definition) is 1. The van der Waals surface area contributed by atoms with Crippen LogP contribution in [0.2, 0.25) is 0 Å². The highest BCUT2D eigenvalue weighted by molar-refractivity contribution is 5.84. The zero-order valence-electron chi connectivity index (χ0n) is 12.2. The van der Waals surface area contributed by atoms with E-state index in [-0.39, 0.29) is 0 Å². The molecule has 1 aromatic heterocycles. The van der Waals surface area contributed by atoms with Gasteiger partial charge >= 0.3 is 0 Å². The Labute approximate surface area is 114 Å². The largest absolute Gasteiger partial charge is 0.491 e. The Kier molecular flexibility index (Phi) is 3.98. The van der Waals surface area contributed by atoms with E-state index in [1.54, 1.807) is 0 Å². The lowest BCUT2D eigenvalue weighted by Gasteiger charge is -2.19. The van der Waals surface area contributed by atoms with Crippen LogP contribution in [0.4, 0.5) is 5.95 Å². The zero-order valence-corrected chi connectivity index (χ0v) is 12.2. The molecule has 0 bridgehead atoms. The number of anilines is 1. The maximum Gasteiger partial charge on any atom is 0.201 e. The third kappa shape index (κ3) is 2.53. The summed E-state index contributed by atoms with van der Waals surface area (Å²) in [5.74, 6) is 1.88. The van der Waals surface area contributed by atoms with Crippen LogP contribution < -0.4 is 10.5 Å². The summed E-state index contributed by atoms with van der Waals surface area (Å²) >= 11 is 0. The van der Waals surface area contributed by atoms with E-state index in [1.807, 2.05) is 12.1 Å². The van der Waals surface area contributed by atoms with Crippen LogP contribution in [-0.4, -0.2) is 16.2 Å². The number of nitrogens with zero attached hydrogens (tertiary/aromatic N) is 2. The lowest BCUT2D eigenvalue weighted by molar-refractivity contribution is 0.320. The second kappa shape index (κ2) is 5.51. The molecule has 0 aliphatic carbocycles. The van der Waals surface area contributed by atoms with Gasteiger partial charge in [0, 0.05) is 6.04 Å². The molecule has 0 aliphatic heterocycles. The molecule has 0 fully saturated rings. The second-order valence-corrected chi connectivity index (χ2v) is 5.30. The fraction of sp³-hybridized carbons (Fsp3) is 0.533. The quantitative estimate of drug-likeness (QED) is 0.894. The molecule has 0 amide bonds. The van der Waals surface area contributed by atoms with Crippen LogP contribution in [0.15, 0.2) is 18.2 Å². The summed E-state index contributed by atoms with van der Waals surface area (Å²) in [7, 11) is 0. The van der Waals surface area contributed by atoms with Gasteiger partial charge in [0.2, 0.25) is 5.95 Å². The van der Waals surface area contributed by atoms with E-state index in [0.717, 1.165) is 23.2 Å². The van der Waals surface area contributed by atoms with Gasteiger partial charge in [0.1, 0.15) is 11.3 Å². The number of fused-ring (bicyclic) bond motifs is 1. The van der Waals surface area contributed by atoms with Crippen molar-refractivity contribution in [1.82, 2.24) is 9.55 Å². The normalized spacial score (nSPS) is 13.1. The number of aromatic nitrogens is 2. The van der Waals surface area contributed by atoms with Crippen molar-refractivity contribution >= 4 is 17.0 Å². The van der Waals surface area contributed by atoms with Gasteiger partial charge in [0.25, 0.3) is 0 Å². The van der Waals surface area contributed by atoms with Gasteiger partial charge in [-0.15, -0.1) is 0 Å². The van der Waals surface area contributed by atoms with E-state index in [2.05, 4.69) is 43.3 Å². The van der Waals surface area contributed by atoms with Crippen molar-refractivity contribution < 1.29 is 4.74 Å². The first-order valence-corrected chi connectivity index (χ1v) is 6.95. The molecule has 19 heavy (non-hydrogen) atoms. The maximum absolute atomic E-state index is 6.09. The van der Waals surface area contributed by atoms with Crippen molar-refractivity contribution in [2.45, 2.75) is 40.2 Å². The third-order valence-electron chi connectivity index (χ3n) is 3.54. The first-order valence-electron chi connectivity index (χ1n) is 6.95. The molecular formula is C15H23N3O. The molecule has 0 saturated heterocycles. The topological polar surface area (TPSA) is 53.1 Å². The molecular weight excluding hydrogens is 238 g/mol. The van der Waals surface area contributed by atoms with Crippen LogP contribution in [-0.2, 0) is 0 Å². The molecule has 104 valence electrons. The minimum atomic E-state index is 0.312. The summed E-state index contributed by atoms with van der Waals surface area (Å²) in [6.45, 7) is 9.34. The molecule has 1 atom stereocenters. The Morgan fingerprint density at radius 2 is 2.05 bits per heavy atom. The lowest BCUT2D eigenvalue weighted by Crippen LogP contribution is -2.13. The molecule has 2 aromatic rings. The number of nitrogens with two attached hydrogens (primary N) is 1. The van der Waals surface area contributed by atoms with Crippen molar-refractivity contribution in [3.63, 3.8) is 0 Å². The molecule has 2 rings (SSSR count). The van der Waals surface area contributed by atoms with E-state index >= 15 is 0 Å². The molecule has 1 unspecified atom stereocenters. The van der Waals surface area contributed by atoms with Gasteiger partial charge in [-0.25, -0.2) is 4.98 Å². The molecule has 1 aromatic carbocycles. The Morgan fingerprint density at radius 1 is 1.32 bits per heavy atom. The van der Waals surface area contributed by atoms with Crippen LogP contribution in [0.3, 0.4) is 0 Å². The highest BCUT2D eigenvalue weighted by atomic mass is 16.5. The molecule has 0 radical (unpaired) electrons. The zero-order chi connectivity index (χ0) is 14.0. The fourth-order valence-corrected chi connectivity index (χ4v) is 2.16. The van der Waals surface area contributed by atoms with Crippen LogP contribution in [0.5, 0.6) is 5.75 Å². The van der Waals surface area contributed by atoms with Gasteiger partial charge in [-0.1, -0.05) is 26.8 Å². The Morgan fingerprint density at radius 3 is 2.68 bits per heavy atom. The molecule has 0 spiro atoms. The Balaban J connectivity index is 2.52. The van der Waals surface area contributed by atoms with Gasteiger partial charge in [0.05, 0.1) is 12.1 Å². The summed E-state index contributed by atoms with van der Waals surface area (Å²) < 4.78 is 7.84. The van der Waals surface area contributed by atoms with Crippen molar-refractivity contribution in [2.75, 3.05) is 12.3 Å². The van der Waals surface area contributed by atoms with E-state index < -0.39 is 0 Å². The number of nitrogen functional groups attached to an aromatic ring is 1. The summed E-state index contributed by atoms with van der Waals surface area (Å²) in [4.78, 5) is 4.49. The van der Waals surface area contributed by atoms with Crippen molar-refractivity contribution in [2.24, 2.45) is 5.92 Å². The van der Waals surface area contributed by atoms with E-state index in [1.165, 1.54) is 0 Å². The third-order valence-corrected chi connectivity index (χ3v) is 3.54. The summed E-state index contributed by atoms with van der Waals surface area (Å²) in [5.41, 5.74) is 8.00. The first-order chi connectivity index (χ1) is 9.06. The fourth-order valence-electron chi connectivity index (χ4n) is 2.16. The number of benzene rings is 1.